The molecule has 0 aromatic carbocycles. The van der Waals surface area contributed by atoms with Crippen LogP contribution in [0.2, 0.25) is 0 Å². The number of halogens is 26. The zero-order chi connectivity index (χ0) is 38.2. The third kappa shape index (κ3) is 6.61. The lowest BCUT2D eigenvalue weighted by atomic mass is 10.1. The van der Waals surface area contributed by atoms with Crippen molar-refractivity contribution in [2.45, 2.75) is 71.6 Å². The Morgan fingerprint density at radius 1 is 0.435 bits per heavy atom. The van der Waals surface area contributed by atoms with Gasteiger partial charge in [0.25, 0.3) is 0 Å². The van der Waals surface area contributed by atoms with E-state index in [2.05, 4.69) is 0 Å². The molecule has 0 saturated heterocycles. The first-order valence-electron chi connectivity index (χ1n) is 9.10. The molecule has 33 heteroatoms. The topological polar surface area (TPSA) is 78.9 Å². The van der Waals surface area contributed by atoms with E-state index in [4.69, 9.17) is 0 Å². The molecule has 276 valence electrons. The van der Waals surface area contributed by atoms with Gasteiger partial charge in [-0.1, -0.05) is 3.89 Å². The Morgan fingerprint density at radius 3 is 1.02 bits per heavy atom. The van der Waals surface area contributed by atoms with Crippen molar-refractivity contribution >= 4 is 16.2 Å². The lowest BCUT2D eigenvalue weighted by Gasteiger charge is -2.41. The van der Waals surface area contributed by atoms with Crippen molar-refractivity contribution in [1.29, 1.82) is 0 Å². The third-order valence-electron chi connectivity index (χ3n) is 4.28. The van der Waals surface area contributed by atoms with Gasteiger partial charge in [0, 0.05) is 0 Å². The maximum atomic E-state index is 14.1. The number of hydrogen-bond acceptors (Lipinski definition) is 6. The Balaban J connectivity index is 7.26. The molecule has 0 rings (SSSR count). The lowest BCUT2D eigenvalue weighted by Crippen LogP contribution is -2.70. The van der Waals surface area contributed by atoms with Gasteiger partial charge >= 0.3 is 87.8 Å². The van der Waals surface area contributed by atoms with Crippen LogP contribution in [-0.4, -0.2) is 86.0 Å². The Morgan fingerprint density at radius 2 is 0.739 bits per heavy atom. The number of ether oxygens (including phenoxy) is 3. The summed E-state index contributed by atoms with van der Waals surface area (Å²) in [7, 11) is -8.45. The summed E-state index contributed by atoms with van der Waals surface area (Å²) >= 11 is 0. The molecule has 0 fully saturated rings. The highest BCUT2D eigenvalue weighted by Crippen LogP contribution is 2.59. The molecule has 0 bridgehead atoms. The standard InChI is InChI=1S/C13F26O6S/c14-2(15,3(16,17)13(37,38)46(39,41)42)1(40)43-11(33,34)5(20,8(25,26)27)45-12(35,36)6(21,9(28,29)30)44-10(31,32)4(18,19)7(22,23)24. The highest BCUT2D eigenvalue weighted by atomic mass is 32.3. The van der Waals surface area contributed by atoms with Gasteiger partial charge in [-0.25, -0.2) is 4.79 Å². The minimum absolute atomic E-state index is 0.915. The summed E-state index contributed by atoms with van der Waals surface area (Å²) < 4.78 is 362. The first-order valence-corrected chi connectivity index (χ1v) is 10.5. The van der Waals surface area contributed by atoms with Crippen LogP contribution in [-0.2, 0) is 29.2 Å². The Labute approximate surface area is 230 Å². The first kappa shape index (κ1) is 43.5. The highest BCUT2D eigenvalue weighted by molar-refractivity contribution is 7.87. The van der Waals surface area contributed by atoms with Gasteiger partial charge in [0.05, 0.1) is 0 Å². The zero-order valence-corrected chi connectivity index (χ0v) is 20.0. The molecule has 0 aliphatic rings. The normalized spacial score (nSPS) is 18.6. The van der Waals surface area contributed by atoms with Crippen molar-refractivity contribution in [3.05, 3.63) is 0 Å². The summed E-state index contributed by atoms with van der Waals surface area (Å²) in [6, 6.07) is 0. The Hall–Kier alpha value is -2.48. The summed E-state index contributed by atoms with van der Waals surface area (Å²) in [6.07, 6.45) is -51.1. The average Bonchev–Trinajstić information content (AvgIpc) is 2.74. The fourth-order valence-electron chi connectivity index (χ4n) is 1.92. The summed E-state index contributed by atoms with van der Waals surface area (Å²) in [6.45, 7) is 0. The lowest BCUT2D eigenvalue weighted by molar-refractivity contribution is -0.569. The van der Waals surface area contributed by atoms with Crippen LogP contribution < -0.4 is 0 Å². The van der Waals surface area contributed by atoms with E-state index in [9.17, 15) is 127 Å². The second kappa shape index (κ2) is 11.0. The summed E-state index contributed by atoms with van der Waals surface area (Å²) in [5.41, 5.74) is 0. The van der Waals surface area contributed by atoms with Gasteiger partial charge < -0.3 is 4.74 Å². The van der Waals surface area contributed by atoms with E-state index in [1.165, 1.54) is 4.74 Å². The summed E-state index contributed by atoms with van der Waals surface area (Å²) in [4.78, 5) is 10.9. The second-order valence-corrected chi connectivity index (χ2v) is 8.89. The van der Waals surface area contributed by atoms with Crippen LogP contribution in [0.15, 0.2) is 0 Å². The maximum absolute atomic E-state index is 14.1. The molecule has 0 aromatic heterocycles. The van der Waals surface area contributed by atoms with Gasteiger partial charge in [-0.15, -0.1) is 0 Å². The molecule has 0 amide bonds. The van der Waals surface area contributed by atoms with E-state index in [0.717, 1.165) is 9.47 Å². The first-order chi connectivity index (χ1) is 19.3. The minimum Gasteiger partial charge on any atom is -0.391 e. The molecular formula is C13F26O6S. The number of esters is 1. The van der Waals surface area contributed by atoms with Gasteiger partial charge in [0.1, 0.15) is 0 Å². The van der Waals surface area contributed by atoms with E-state index < -0.39 is 87.8 Å². The molecule has 0 heterocycles. The molecule has 0 saturated carbocycles. The van der Waals surface area contributed by atoms with Crippen molar-refractivity contribution in [1.82, 2.24) is 0 Å². The van der Waals surface area contributed by atoms with Crippen LogP contribution in [0.3, 0.4) is 0 Å². The van der Waals surface area contributed by atoms with Gasteiger partial charge in [0.2, 0.25) is 0 Å². The van der Waals surface area contributed by atoms with Gasteiger partial charge in [0.15, 0.2) is 0 Å². The Kier molecular flexibility index (Phi) is 10.4. The van der Waals surface area contributed by atoms with Gasteiger partial charge in [-0.2, -0.15) is 118 Å². The Bertz CT molecular complexity index is 1250. The smallest absolute Gasteiger partial charge is 0.391 e. The molecular weight excluding hydrogens is 778 g/mol. The van der Waals surface area contributed by atoms with Crippen LogP contribution in [0.1, 0.15) is 0 Å². The molecule has 6 nitrogen and oxygen atoms in total. The van der Waals surface area contributed by atoms with E-state index in [1.54, 1.807) is 0 Å². The predicted molar refractivity (Wildman–Crippen MR) is 78.8 cm³/mol. The molecule has 0 radical (unpaired) electrons. The average molecular weight is 778 g/mol. The fourth-order valence-corrected chi connectivity index (χ4v) is 2.36. The quantitative estimate of drug-likeness (QED) is 0.119. The molecule has 46 heavy (non-hydrogen) atoms. The van der Waals surface area contributed by atoms with Gasteiger partial charge in [-0.05, 0) is 0 Å². The molecule has 0 N–H and O–H groups in total. The van der Waals surface area contributed by atoms with Crippen molar-refractivity contribution in [3.8, 4) is 0 Å². The minimum atomic E-state index is -8.93. The van der Waals surface area contributed by atoms with Crippen molar-refractivity contribution in [2.24, 2.45) is 0 Å². The number of carbonyl (C=O) groups excluding carboxylic acids is 1. The zero-order valence-electron chi connectivity index (χ0n) is 19.2. The highest BCUT2D eigenvalue weighted by Gasteiger charge is 2.89. The maximum Gasteiger partial charge on any atom is 0.471 e. The number of hydrogen-bond donors (Lipinski definition) is 0. The molecule has 2 atom stereocenters. The van der Waals surface area contributed by atoms with E-state index in [-0.39, 0.29) is 0 Å². The van der Waals surface area contributed by atoms with E-state index in [0.29, 0.717) is 0 Å². The monoisotopic (exact) mass is 778 g/mol. The number of rotatable bonds is 12. The molecule has 0 aliphatic carbocycles. The van der Waals surface area contributed by atoms with Crippen LogP contribution >= 0.6 is 0 Å². The molecule has 0 aromatic rings. The number of carbonyl (C=O) groups is 1. The van der Waals surface area contributed by atoms with Crippen LogP contribution in [0, 0.1) is 0 Å². The largest absolute Gasteiger partial charge is 0.471 e. The summed E-state index contributed by atoms with van der Waals surface area (Å²) in [5.74, 6) is -48.2. The van der Waals surface area contributed by atoms with E-state index >= 15 is 0 Å². The fraction of sp³-hybridized carbons (Fsp3) is 0.923. The summed E-state index contributed by atoms with van der Waals surface area (Å²) in [5, 5.41) is -8.01. The van der Waals surface area contributed by atoms with Crippen molar-refractivity contribution in [3.63, 3.8) is 0 Å². The van der Waals surface area contributed by atoms with Crippen LogP contribution in [0.25, 0.3) is 0 Å². The third-order valence-corrected chi connectivity index (χ3v) is 5.15. The van der Waals surface area contributed by atoms with Crippen LogP contribution in [0.5, 0.6) is 0 Å². The van der Waals surface area contributed by atoms with Crippen molar-refractivity contribution < 1.29 is 141 Å². The predicted octanol–water partition coefficient (Wildman–Crippen LogP) is 7.16. The van der Waals surface area contributed by atoms with Crippen LogP contribution in [0.4, 0.5) is 114 Å². The SMILES string of the molecule is O=C(OC(F)(F)C(F)(OC(F)(F)C(F)(OC(F)(F)C(F)(F)C(F)(F)F)C(F)(F)F)C(F)(F)F)C(F)(F)C(F)(F)C(F)(F)S(=O)(=O)F. The van der Waals surface area contributed by atoms with E-state index in [1.807, 2.05) is 0 Å². The second-order valence-electron chi connectivity index (χ2n) is 7.51. The molecule has 0 spiro atoms. The van der Waals surface area contributed by atoms with Crippen molar-refractivity contribution in [2.75, 3.05) is 0 Å². The number of alkyl halides is 25. The van der Waals surface area contributed by atoms with Gasteiger partial charge in [-0.3, -0.25) is 9.47 Å². The molecule has 0 aliphatic heterocycles. The molecule has 2 unspecified atom stereocenters.